The van der Waals surface area contributed by atoms with Crippen molar-refractivity contribution in [3.63, 3.8) is 0 Å². The van der Waals surface area contributed by atoms with Gasteiger partial charge in [-0.25, -0.2) is 8.42 Å². The van der Waals surface area contributed by atoms with Gasteiger partial charge in [-0.3, -0.25) is 9.59 Å². The van der Waals surface area contributed by atoms with Gasteiger partial charge in [0.15, 0.2) is 0 Å². The predicted octanol–water partition coefficient (Wildman–Crippen LogP) is 1.78. The Morgan fingerprint density at radius 3 is 2.22 bits per heavy atom. The van der Waals surface area contributed by atoms with E-state index in [2.05, 4.69) is 15.9 Å². The fraction of sp³-hybridized carbons (Fsp3) is 0.429. The maximum atomic E-state index is 12.2. The second kappa shape index (κ2) is 8.42. The third-order valence-corrected chi connectivity index (χ3v) is 5.22. The third kappa shape index (κ3) is 5.92. The number of carboxylic acids is 2. The molecule has 0 amide bonds. The molecule has 1 aromatic rings. The number of hydrogen-bond acceptors (Lipinski definition) is 4. The van der Waals surface area contributed by atoms with E-state index in [1.165, 1.54) is 12.1 Å². The highest BCUT2D eigenvalue weighted by atomic mass is 79.9. The molecule has 128 valence electrons. The summed E-state index contributed by atoms with van der Waals surface area (Å²) < 4.78 is 26.2. The minimum Gasteiger partial charge on any atom is -0.481 e. The molecule has 0 fully saturated rings. The first-order valence-corrected chi connectivity index (χ1v) is 9.40. The molecule has 23 heavy (non-hydrogen) atoms. The SMILES string of the molecule is CC(CCBr)c1ccc(S(=O)(=O)NC(CC(=O)O)C(=O)O)cc1. The van der Waals surface area contributed by atoms with Gasteiger partial charge in [0.05, 0.1) is 11.3 Å². The van der Waals surface area contributed by atoms with Crippen molar-refractivity contribution in [2.75, 3.05) is 5.33 Å². The van der Waals surface area contributed by atoms with Crippen LogP contribution in [-0.2, 0) is 19.6 Å². The first-order valence-electron chi connectivity index (χ1n) is 6.80. The first kappa shape index (κ1) is 19.6. The van der Waals surface area contributed by atoms with E-state index >= 15 is 0 Å². The van der Waals surface area contributed by atoms with E-state index in [1.807, 2.05) is 11.6 Å². The van der Waals surface area contributed by atoms with Crippen LogP contribution in [0.1, 0.15) is 31.2 Å². The molecule has 2 atom stereocenters. The average Bonchev–Trinajstić information content (AvgIpc) is 2.46. The minimum atomic E-state index is -4.11. The van der Waals surface area contributed by atoms with Crippen molar-refractivity contribution in [2.24, 2.45) is 0 Å². The number of halogens is 1. The molecule has 7 nitrogen and oxygen atoms in total. The number of aliphatic carboxylic acids is 2. The molecule has 3 N–H and O–H groups in total. The second-order valence-electron chi connectivity index (χ2n) is 5.06. The number of benzene rings is 1. The fourth-order valence-corrected chi connectivity index (χ4v) is 3.79. The summed E-state index contributed by atoms with van der Waals surface area (Å²) in [6.45, 7) is 2.01. The summed E-state index contributed by atoms with van der Waals surface area (Å²) in [5.41, 5.74) is 0.962. The zero-order chi connectivity index (χ0) is 17.6. The van der Waals surface area contributed by atoms with Crippen LogP contribution in [0.2, 0.25) is 0 Å². The van der Waals surface area contributed by atoms with Gasteiger partial charge in [-0.2, -0.15) is 4.72 Å². The smallest absolute Gasteiger partial charge is 0.322 e. The van der Waals surface area contributed by atoms with Gasteiger partial charge in [0, 0.05) is 5.33 Å². The molecular formula is C14H18BrNO6S. The van der Waals surface area contributed by atoms with Gasteiger partial charge in [0.1, 0.15) is 6.04 Å². The lowest BCUT2D eigenvalue weighted by Crippen LogP contribution is -2.42. The average molecular weight is 408 g/mol. The lowest BCUT2D eigenvalue weighted by Gasteiger charge is -2.14. The first-order chi connectivity index (χ1) is 10.7. The van der Waals surface area contributed by atoms with Crippen molar-refractivity contribution < 1.29 is 28.2 Å². The van der Waals surface area contributed by atoms with E-state index in [-0.39, 0.29) is 10.8 Å². The van der Waals surface area contributed by atoms with Crippen molar-refractivity contribution in [3.05, 3.63) is 29.8 Å². The molecule has 0 spiro atoms. The molecule has 2 unspecified atom stereocenters. The van der Waals surface area contributed by atoms with Gasteiger partial charge >= 0.3 is 11.9 Å². The van der Waals surface area contributed by atoms with Crippen molar-refractivity contribution in [3.8, 4) is 0 Å². The maximum Gasteiger partial charge on any atom is 0.322 e. The number of hydrogen-bond donors (Lipinski definition) is 3. The van der Waals surface area contributed by atoms with Gasteiger partial charge < -0.3 is 10.2 Å². The Balaban J connectivity index is 2.95. The lowest BCUT2D eigenvalue weighted by molar-refractivity contribution is -0.145. The van der Waals surface area contributed by atoms with Gasteiger partial charge in [0.2, 0.25) is 10.0 Å². The molecule has 1 aromatic carbocycles. The molecule has 1 rings (SSSR count). The Bertz CT molecular complexity index is 658. The zero-order valence-corrected chi connectivity index (χ0v) is 14.8. The molecule has 0 saturated heterocycles. The normalized spacial score (nSPS) is 14.2. The van der Waals surface area contributed by atoms with Crippen LogP contribution in [-0.4, -0.2) is 41.9 Å². The second-order valence-corrected chi connectivity index (χ2v) is 7.56. The largest absolute Gasteiger partial charge is 0.481 e. The maximum absolute atomic E-state index is 12.2. The van der Waals surface area contributed by atoms with E-state index in [0.717, 1.165) is 17.3 Å². The Hall–Kier alpha value is -1.45. The van der Waals surface area contributed by atoms with E-state index in [9.17, 15) is 18.0 Å². The summed E-state index contributed by atoms with van der Waals surface area (Å²) >= 11 is 3.34. The number of sulfonamides is 1. The molecular weight excluding hydrogens is 390 g/mol. The van der Waals surface area contributed by atoms with Gasteiger partial charge in [0.25, 0.3) is 0 Å². The van der Waals surface area contributed by atoms with E-state index in [4.69, 9.17) is 10.2 Å². The number of carboxylic acid groups (broad SMARTS) is 2. The molecule has 0 bridgehead atoms. The van der Waals surface area contributed by atoms with Crippen LogP contribution in [0.25, 0.3) is 0 Å². The Kier molecular flexibility index (Phi) is 7.17. The van der Waals surface area contributed by atoms with Crippen LogP contribution in [0.4, 0.5) is 0 Å². The van der Waals surface area contributed by atoms with Crippen molar-refractivity contribution in [2.45, 2.75) is 36.6 Å². The van der Waals surface area contributed by atoms with Crippen LogP contribution >= 0.6 is 15.9 Å². The van der Waals surface area contributed by atoms with Gasteiger partial charge in [-0.05, 0) is 30.0 Å². The van der Waals surface area contributed by atoms with Gasteiger partial charge in [-0.1, -0.05) is 35.0 Å². The van der Waals surface area contributed by atoms with Crippen molar-refractivity contribution in [1.29, 1.82) is 0 Å². The standard InChI is InChI=1S/C14H18BrNO6S/c1-9(6-7-15)10-2-4-11(5-3-10)23(21,22)16-12(14(19)20)8-13(17)18/h2-5,9,12,16H,6-8H2,1H3,(H,17,18)(H,19,20). The topological polar surface area (TPSA) is 121 Å². The number of rotatable bonds is 9. The minimum absolute atomic E-state index is 0.107. The zero-order valence-electron chi connectivity index (χ0n) is 12.4. The molecule has 9 heteroatoms. The Labute approximate surface area is 142 Å². The summed E-state index contributed by atoms with van der Waals surface area (Å²) in [6.07, 6.45) is 0.0545. The third-order valence-electron chi connectivity index (χ3n) is 3.28. The van der Waals surface area contributed by atoms with Crippen molar-refractivity contribution >= 4 is 37.9 Å². The highest BCUT2D eigenvalue weighted by molar-refractivity contribution is 9.09. The van der Waals surface area contributed by atoms with Crippen molar-refractivity contribution in [1.82, 2.24) is 4.72 Å². The van der Waals surface area contributed by atoms with E-state index in [0.29, 0.717) is 0 Å². The molecule has 0 aliphatic carbocycles. The van der Waals surface area contributed by atoms with Crippen LogP contribution in [0.15, 0.2) is 29.2 Å². The van der Waals surface area contributed by atoms with Crippen LogP contribution < -0.4 is 4.72 Å². The number of nitrogens with one attached hydrogen (secondary N) is 1. The van der Waals surface area contributed by atoms with E-state index in [1.54, 1.807) is 12.1 Å². The molecule has 0 saturated carbocycles. The molecule has 0 aliphatic heterocycles. The van der Waals surface area contributed by atoms with Gasteiger partial charge in [-0.15, -0.1) is 0 Å². The molecule has 0 radical (unpaired) electrons. The summed E-state index contributed by atoms with van der Waals surface area (Å²) in [7, 11) is -4.11. The Morgan fingerprint density at radius 2 is 1.78 bits per heavy atom. The molecule has 0 heterocycles. The van der Waals surface area contributed by atoms with Crippen LogP contribution in [0.3, 0.4) is 0 Å². The Morgan fingerprint density at radius 1 is 1.22 bits per heavy atom. The summed E-state index contributed by atoms with van der Waals surface area (Å²) in [4.78, 5) is 21.5. The van der Waals surface area contributed by atoms with E-state index < -0.39 is 34.4 Å². The fourth-order valence-electron chi connectivity index (χ4n) is 1.92. The van der Waals surface area contributed by atoms with Crippen LogP contribution in [0.5, 0.6) is 0 Å². The summed E-state index contributed by atoms with van der Waals surface area (Å²) in [5.74, 6) is -2.70. The highest BCUT2D eigenvalue weighted by Crippen LogP contribution is 2.21. The number of carbonyl (C=O) groups is 2. The number of alkyl halides is 1. The summed E-state index contributed by atoms with van der Waals surface area (Å²) in [5, 5.41) is 18.4. The molecule has 0 aliphatic rings. The monoisotopic (exact) mass is 407 g/mol. The van der Waals surface area contributed by atoms with Crippen LogP contribution in [0, 0.1) is 0 Å². The lowest BCUT2D eigenvalue weighted by atomic mass is 9.99. The molecule has 0 aromatic heterocycles. The highest BCUT2D eigenvalue weighted by Gasteiger charge is 2.27. The summed E-state index contributed by atoms with van der Waals surface area (Å²) in [6, 6.07) is 4.36. The predicted molar refractivity (Wildman–Crippen MR) is 87.3 cm³/mol. The quantitative estimate of drug-likeness (QED) is 0.536.